The topological polar surface area (TPSA) is 93.4 Å². The molecule has 2 heterocycles. The molecule has 4 aromatic rings. The number of anilines is 3. The molecule has 1 aliphatic rings. The summed E-state index contributed by atoms with van der Waals surface area (Å²) < 4.78 is 0. The molecule has 0 atom stereocenters. The molecule has 36 heavy (non-hydrogen) atoms. The lowest BCUT2D eigenvalue weighted by molar-refractivity contribution is 0.101. The molecule has 8 nitrogen and oxygen atoms in total. The summed E-state index contributed by atoms with van der Waals surface area (Å²) in [6, 6.07) is 24.4. The summed E-state index contributed by atoms with van der Waals surface area (Å²) in [5.74, 6) is 0.180. The zero-order valence-corrected chi connectivity index (χ0v) is 20.1. The van der Waals surface area contributed by atoms with E-state index in [1.54, 1.807) is 24.4 Å². The monoisotopic (exact) mass is 480 g/mol. The number of carbonyl (C=O) groups is 2. The Labute approximate surface area is 209 Å². The summed E-state index contributed by atoms with van der Waals surface area (Å²) in [7, 11) is 2.13. The van der Waals surface area contributed by atoms with Crippen molar-refractivity contribution in [2.75, 3.05) is 48.8 Å². The number of aromatic amines is 1. The van der Waals surface area contributed by atoms with E-state index >= 15 is 0 Å². The van der Waals surface area contributed by atoms with Gasteiger partial charge in [-0.15, -0.1) is 0 Å². The van der Waals surface area contributed by atoms with Gasteiger partial charge in [-0.1, -0.05) is 30.3 Å². The smallest absolute Gasteiger partial charge is 0.256 e. The number of nitrogens with one attached hydrogen (secondary N) is 3. The van der Waals surface area contributed by atoms with Crippen LogP contribution >= 0.6 is 0 Å². The van der Waals surface area contributed by atoms with Gasteiger partial charge < -0.3 is 20.4 Å². The van der Waals surface area contributed by atoms with Gasteiger partial charge in [-0.25, -0.2) is 0 Å². The highest BCUT2D eigenvalue weighted by Crippen LogP contribution is 2.33. The lowest BCUT2D eigenvalue weighted by atomic mass is 9.99. The van der Waals surface area contributed by atoms with Crippen LogP contribution in [0.3, 0.4) is 0 Å². The van der Waals surface area contributed by atoms with Crippen molar-refractivity contribution in [1.29, 1.82) is 0 Å². The number of carbonyl (C=O) groups excluding carboxylic acids is 2. The Morgan fingerprint density at radius 1 is 0.806 bits per heavy atom. The third kappa shape index (κ3) is 5.29. The van der Waals surface area contributed by atoms with Gasteiger partial charge in [0.25, 0.3) is 11.8 Å². The average molecular weight is 481 g/mol. The van der Waals surface area contributed by atoms with E-state index in [0.29, 0.717) is 22.6 Å². The van der Waals surface area contributed by atoms with Crippen molar-refractivity contribution in [2.24, 2.45) is 0 Å². The lowest BCUT2D eigenvalue weighted by Gasteiger charge is -2.35. The fourth-order valence-electron chi connectivity index (χ4n) is 4.28. The highest BCUT2D eigenvalue weighted by Gasteiger charge is 2.20. The molecule has 5 rings (SSSR count). The molecule has 0 radical (unpaired) electrons. The SMILES string of the molecule is CN1CCN(c2ccc(C(=O)Nc3ccn[nH]3)cc2-c2ccc(NC(=O)c3ccccc3)cc2)CC1. The molecule has 0 unspecified atom stereocenters. The van der Waals surface area contributed by atoms with Crippen molar-refractivity contribution in [3.05, 3.63) is 96.2 Å². The van der Waals surface area contributed by atoms with Crippen LogP contribution in [0.2, 0.25) is 0 Å². The number of rotatable bonds is 6. The minimum absolute atomic E-state index is 0.154. The highest BCUT2D eigenvalue weighted by molar-refractivity contribution is 6.06. The fourth-order valence-corrected chi connectivity index (χ4v) is 4.28. The maximum atomic E-state index is 12.9. The minimum atomic E-state index is -0.211. The number of nitrogens with zero attached hydrogens (tertiary/aromatic N) is 3. The number of aromatic nitrogens is 2. The third-order valence-electron chi connectivity index (χ3n) is 6.34. The van der Waals surface area contributed by atoms with Crippen LogP contribution in [0.15, 0.2) is 85.1 Å². The zero-order valence-electron chi connectivity index (χ0n) is 20.1. The summed E-state index contributed by atoms with van der Waals surface area (Å²) in [5.41, 5.74) is 4.90. The van der Waals surface area contributed by atoms with E-state index in [0.717, 1.165) is 43.0 Å². The van der Waals surface area contributed by atoms with Gasteiger partial charge in [0.15, 0.2) is 0 Å². The minimum Gasteiger partial charge on any atom is -0.368 e. The molecule has 0 aliphatic carbocycles. The zero-order chi connectivity index (χ0) is 24.9. The number of likely N-dealkylation sites (N-methyl/N-ethyl adjacent to an activating group) is 1. The van der Waals surface area contributed by atoms with E-state index in [1.165, 1.54) is 0 Å². The van der Waals surface area contributed by atoms with Crippen LogP contribution in [-0.2, 0) is 0 Å². The van der Waals surface area contributed by atoms with E-state index < -0.39 is 0 Å². The third-order valence-corrected chi connectivity index (χ3v) is 6.34. The largest absolute Gasteiger partial charge is 0.368 e. The molecular formula is C28H28N6O2. The van der Waals surface area contributed by atoms with Gasteiger partial charge in [0, 0.05) is 60.3 Å². The molecule has 1 aromatic heterocycles. The summed E-state index contributed by atoms with van der Waals surface area (Å²) in [5, 5.41) is 12.4. The molecule has 1 aliphatic heterocycles. The van der Waals surface area contributed by atoms with Gasteiger partial charge in [0.05, 0.1) is 6.20 Å². The van der Waals surface area contributed by atoms with Crippen LogP contribution in [0.1, 0.15) is 20.7 Å². The molecule has 8 heteroatoms. The Morgan fingerprint density at radius 3 is 2.22 bits per heavy atom. The van der Waals surface area contributed by atoms with Crippen LogP contribution in [0.5, 0.6) is 0 Å². The van der Waals surface area contributed by atoms with Crippen LogP contribution in [0.25, 0.3) is 11.1 Å². The van der Waals surface area contributed by atoms with Gasteiger partial charge in [-0.3, -0.25) is 14.7 Å². The molecule has 1 fully saturated rings. The molecule has 1 saturated heterocycles. The summed E-state index contributed by atoms with van der Waals surface area (Å²) in [6.07, 6.45) is 1.59. The summed E-state index contributed by atoms with van der Waals surface area (Å²) >= 11 is 0. The molecule has 0 bridgehead atoms. The van der Waals surface area contributed by atoms with E-state index in [4.69, 9.17) is 0 Å². The first kappa shape index (κ1) is 23.3. The first-order valence-corrected chi connectivity index (χ1v) is 11.9. The van der Waals surface area contributed by atoms with E-state index in [2.05, 4.69) is 37.7 Å². The predicted octanol–water partition coefficient (Wildman–Crippen LogP) is 4.33. The Kier molecular flexibility index (Phi) is 6.77. The Balaban J connectivity index is 1.42. The normalized spacial score (nSPS) is 13.9. The Morgan fingerprint density at radius 2 is 1.53 bits per heavy atom. The van der Waals surface area contributed by atoms with Crippen molar-refractivity contribution >= 4 is 29.0 Å². The summed E-state index contributed by atoms with van der Waals surface area (Å²) in [6.45, 7) is 3.78. The second kappa shape index (κ2) is 10.5. The van der Waals surface area contributed by atoms with E-state index in [-0.39, 0.29) is 11.8 Å². The van der Waals surface area contributed by atoms with Crippen LogP contribution < -0.4 is 15.5 Å². The lowest BCUT2D eigenvalue weighted by Crippen LogP contribution is -2.44. The van der Waals surface area contributed by atoms with Gasteiger partial charge >= 0.3 is 0 Å². The van der Waals surface area contributed by atoms with Crippen LogP contribution in [0.4, 0.5) is 17.2 Å². The van der Waals surface area contributed by atoms with Gasteiger partial charge in [-0.2, -0.15) is 5.10 Å². The van der Waals surface area contributed by atoms with Gasteiger partial charge in [-0.05, 0) is 55.1 Å². The van der Waals surface area contributed by atoms with Crippen LogP contribution in [-0.4, -0.2) is 60.1 Å². The van der Waals surface area contributed by atoms with Crippen molar-refractivity contribution in [3.63, 3.8) is 0 Å². The molecule has 0 saturated carbocycles. The second-order valence-electron chi connectivity index (χ2n) is 8.84. The summed E-state index contributed by atoms with van der Waals surface area (Å²) in [4.78, 5) is 30.1. The van der Waals surface area contributed by atoms with Crippen molar-refractivity contribution in [2.45, 2.75) is 0 Å². The number of benzene rings is 3. The Bertz CT molecular complexity index is 1330. The number of hydrogen-bond donors (Lipinski definition) is 3. The number of piperazine rings is 1. The van der Waals surface area contributed by atoms with Crippen molar-refractivity contribution in [3.8, 4) is 11.1 Å². The van der Waals surface area contributed by atoms with Crippen LogP contribution in [0, 0.1) is 0 Å². The molecule has 2 amide bonds. The fraction of sp³-hybridized carbons (Fsp3) is 0.179. The number of H-pyrrole nitrogens is 1. The molecular weight excluding hydrogens is 452 g/mol. The molecule has 0 spiro atoms. The molecule has 3 aromatic carbocycles. The maximum Gasteiger partial charge on any atom is 0.256 e. The molecule has 3 N–H and O–H groups in total. The standard InChI is InChI=1S/C28H28N6O2/c1-33-15-17-34(18-16-33)25-12-9-22(28(36)31-26-13-14-29-32-26)19-24(25)20-7-10-23(11-8-20)30-27(35)21-5-3-2-4-6-21/h2-14,19H,15-18H2,1H3,(H,30,35)(H2,29,31,32,36). The predicted molar refractivity (Wildman–Crippen MR) is 143 cm³/mol. The van der Waals surface area contributed by atoms with E-state index in [1.807, 2.05) is 60.7 Å². The van der Waals surface area contributed by atoms with Gasteiger partial charge in [0.2, 0.25) is 0 Å². The van der Waals surface area contributed by atoms with Gasteiger partial charge in [0.1, 0.15) is 5.82 Å². The quantitative estimate of drug-likeness (QED) is 0.382. The molecule has 182 valence electrons. The maximum absolute atomic E-state index is 12.9. The first-order chi connectivity index (χ1) is 17.6. The average Bonchev–Trinajstić information content (AvgIpc) is 3.43. The van der Waals surface area contributed by atoms with Crippen molar-refractivity contribution in [1.82, 2.24) is 15.1 Å². The Hall–Kier alpha value is -4.43. The second-order valence-corrected chi connectivity index (χ2v) is 8.84. The highest BCUT2D eigenvalue weighted by atomic mass is 16.2. The number of amides is 2. The number of hydrogen-bond acceptors (Lipinski definition) is 5. The first-order valence-electron chi connectivity index (χ1n) is 11.9. The van der Waals surface area contributed by atoms with Crippen molar-refractivity contribution < 1.29 is 9.59 Å². The van der Waals surface area contributed by atoms with E-state index in [9.17, 15) is 9.59 Å².